The van der Waals surface area contributed by atoms with Gasteiger partial charge in [-0.3, -0.25) is 5.43 Å². The molecule has 8 heteroatoms. The van der Waals surface area contributed by atoms with E-state index in [1.165, 1.54) is 25.5 Å². The molecule has 0 heterocycles. The van der Waals surface area contributed by atoms with Gasteiger partial charge in [0.1, 0.15) is 18.2 Å². The van der Waals surface area contributed by atoms with Crippen LogP contribution in [0.3, 0.4) is 0 Å². The molecule has 2 N–H and O–H groups in total. The number of benzene rings is 3. The lowest BCUT2D eigenvalue weighted by atomic mass is 10.1. The molecule has 0 atom stereocenters. The maximum Gasteiger partial charge on any atom is 0.337 e. The number of hydrogen-bond acceptors (Lipinski definition) is 5. The molecule has 6 nitrogen and oxygen atoms in total. The zero-order valence-electron chi connectivity index (χ0n) is 15.9. The Bertz CT molecular complexity index is 1090. The van der Waals surface area contributed by atoms with E-state index in [1.807, 2.05) is 0 Å². The van der Waals surface area contributed by atoms with E-state index in [2.05, 4.69) is 10.5 Å². The van der Waals surface area contributed by atoms with Crippen molar-refractivity contribution in [3.63, 3.8) is 0 Å². The Morgan fingerprint density at radius 1 is 1.10 bits per heavy atom. The van der Waals surface area contributed by atoms with Crippen LogP contribution in [0, 0.1) is 11.6 Å². The molecule has 0 fully saturated rings. The molecule has 0 bridgehead atoms. The molecule has 30 heavy (non-hydrogen) atoms. The zero-order valence-corrected chi connectivity index (χ0v) is 15.9. The molecule has 0 saturated heterocycles. The molecular formula is C22H18F2N2O4. The summed E-state index contributed by atoms with van der Waals surface area (Å²) >= 11 is 0. The van der Waals surface area contributed by atoms with E-state index in [9.17, 15) is 18.7 Å². The highest BCUT2D eigenvalue weighted by Crippen LogP contribution is 2.24. The van der Waals surface area contributed by atoms with Gasteiger partial charge < -0.3 is 14.6 Å². The largest absolute Gasteiger partial charge is 0.496 e. The lowest BCUT2D eigenvalue weighted by Crippen LogP contribution is -2.03. The summed E-state index contributed by atoms with van der Waals surface area (Å²) in [6.07, 6.45) is 1.50. The molecule has 0 radical (unpaired) electrons. The summed E-state index contributed by atoms with van der Waals surface area (Å²) in [6, 6.07) is 14.6. The third-order valence-electron chi connectivity index (χ3n) is 4.14. The number of carboxylic acids is 1. The fraction of sp³-hybridized carbons (Fsp3) is 0.0909. The molecule has 0 aliphatic carbocycles. The molecule has 0 aromatic heterocycles. The number of aromatic carboxylic acids is 1. The normalized spacial score (nSPS) is 10.8. The molecule has 3 aromatic carbocycles. The third-order valence-corrected chi connectivity index (χ3v) is 4.14. The smallest absolute Gasteiger partial charge is 0.337 e. The second-order valence-electron chi connectivity index (χ2n) is 6.16. The average molecular weight is 412 g/mol. The minimum Gasteiger partial charge on any atom is -0.496 e. The first-order valence-electron chi connectivity index (χ1n) is 8.84. The van der Waals surface area contributed by atoms with E-state index >= 15 is 0 Å². The molecular weight excluding hydrogens is 394 g/mol. The standard InChI is InChI=1S/C22H18F2N2O4/c1-29-20-8-6-14(12-25-26-19-5-3-2-4-17(19)22(27)28)10-15(20)13-30-21-9-7-16(23)11-18(21)24/h2-12,26H,13H2,1H3,(H,27,28)/b25-12+. The Hall–Kier alpha value is -3.94. The van der Waals surface area contributed by atoms with Crippen molar-refractivity contribution < 1.29 is 28.2 Å². The number of nitrogens with one attached hydrogen (secondary N) is 1. The van der Waals surface area contributed by atoms with Crippen molar-refractivity contribution in [2.24, 2.45) is 5.10 Å². The minimum absolute atomic E-state index is 0.0112. The molecule has 0 saturated carbocycles. The second-order valence-corrected chi connectivity index (χ2v) is 6.16. The lowest BCUT2D eigenvalue weighted by molar-refractivity contribution is 0.0698. The van der Waals surface area contributed by atoms with Gasteiger partial charge in [0.2, 0.25) is 0 Å². The average Bonchev–Trinajstić information content (AvgIpc) is 2.73. The van der Waals surface area contributed by atoms with Crippen LogP contribution in [0.5, 0.6) is 11.5 Å². The summed E-state index contributed by atoms with van der Waals surface area (Å²) in [4.78, 5) is 11.2. The zero-order chi connectivity index (χ0) is 21.5. The van der Waals surface area contributed by atoms with Gasteiger partial charge in [-0.2, -0.15) is 5.10 Å². The van der Waals surface area contributed by atoms with Crippen LogP contribution in [0.15, 0.2) is 65.8 Å². The van der Waals surface area contributed by atoms with Gasteiger partial charge in [-0.1, -0.05) is 12.1 Å². The van der Waals surface area contributed by atoms with Gasteiger partial charge >= 0.3 is 5.97 Å². The fourth-order valence-electron chi connectivity index (χ4n) is 2.68. The maximum absolute atomic E-state index is 13.8. The number of hydrogen-bond donors (Lipinski definition) is 2. The van der Waals surface area contributed by atoms with Crippen molar-refractivity contribution >= 4 is 17.9 Å². The second kappa shape index (κ2) is 9.51. The fourth-order valence-corrected chi connectivity index (χ4v) is 2.68. The molecule has 3 aromatic rings. The quantitative estimate of drug-likeness (QED) is 0.414. The summed E-state index contributed by atoms with van der Waals surface area (Å²) in [6.45, 7) is -0.0112. The maximum atomic E-state index is 13.8. The van der Waals surface area contributed by atoms with Crippen molar-refractivity contribution in [2.45, 2.75) is 6.61 Å². The van der Waals surface area contributed by atoms with Crippen LogP contribution >= 0.6 is 0 Å². The van der Waals surface area contributed by atoms with Crippen LogP contribution in [0.4, 0.5) is 14.5 Å². The number of carbonyl (C=O) groups is 1. The summed E-state index contributed by atoms with van der Waals surface area (Å²) in [5.41, 5.74) is 4.45. The van der Waals surface area contributed by atoms with Crippen molar-refractivity contribution in [3.05, 3.63) is 89.0 Å². The van der Waals surface area contributed by atoms with E-state index < -0.39 is 17.6 Å². The van der Waals surface area contributed by atoms with Crippen molar-refractivity contribution in [1.29, 1.82) is 0 Å². The van der Waals surface area contributed by atoms with Crippen molar-refractivity contribution in [3.8, 4) is 11.5 Å². The summed E-state index contributed by atoms with van der Waals surface area (Å²) in [5, 5.41) is 13.3. The molecule has 0 aliphatic heterocycles. The number of rotatable bonds is 8. The van der Waals surface area contributed by atoms with Crippen LogP contribution in [0.25, 0.3) is 0 Å². The van der Waals surface area contributed by atoms with Crippen molar-refractivity contribution in [1.82, 2.24) is 0 Å². The minimum atomic E-state index is -1.06. The van der Waals surface area contributed by atoms with Gasteiger partial charge in [0, 0.05) is 11.6 Å². The Morgan fingerprint density at radius 2 is 1.87 bits per heavy atom. The first kappa shape index (κ1) is 20.8. The molecule has 3 rings (SSSR count). The predicted molar refractivity (Wildman–Crippen MR) is 108 cm³/mol. The third kappa shape index (κ3) is 5.11. The van der Waals surface area contributed by atoms with Crippen LogP contribution in [-0.4, -0.2) is 24.4 Å². The van der Waals surface area contributed by atoms with E-state index in [0.29, 0.717) is 22.6 Å². The van der Waals surface area contributed by atoms with Gasteiger partial charge in [0.05, 0.1) is 24.6 Å². The highest BCUT2D eigenvalue weighted by Gasteiger charge is 2.10. The summed E-state index contributed by atoms with van der Waals surface area (Å²) in [5.74, 6) is -2.10. The molecule has 154 valence electrons. The van der Waals surface area contributed by atoms with Crippen LogP contribution in [0.2, 0.25) is 0 Å². The summed E-state index contributed by atoms with van der Waals surface area (Å²) in [7, 11) is 1.50. The first-order valence-corrected chi connectivity index (χ1v) is 8.84. The number of nitrogens with zero attached hydrogens (tertiary/aromatic N) is 1. The molecule has 0 spiro atoms. The van der Waals surface area contributed by atoms with E-state index in [1.54, 1.807) is 36.4 Å². The molecule has 0 aliphatic rings. The summed E-state index contributed by atoms with van der Waals surface area (Å²) < 4.78 is 37.5. The van der Waals surface area contributed by atoms with E-state index in [4.69, 9.17) is 9.47 Å². The van der Waals surface area contributed by atoms with Crippen LogP contribution < -0.4 is 14.9 Å². The number of carboxylic acid groups (broad SMARTS) is 1. The number of methoxy groups -OCH3 is 1. The van der Waals surface area contributed by atoms with Gasteiger partial charge in [-0.15, -0.1) is 0 Å². The predicted octanol–water partition coefficient (Wildman–Crippen LogP) is 4.70. The van der Waals surface area contributed by atoms with Gasteiger partial charge in [0.15, 0.2) is 11.6 Å². The highest BCUT2D eigenvalue weighted by molar-refractivity contribution is 5.94. The Kier molecular flexibility index (Phi) is 6.59. The number of halogens is 2. The number of anilines is 1. The molecule has 0 unspecified atom stereocenters. The Balaban J connectivity index is 1.74. The number of para-hydroxylation sites is 1. The number of ether oxygens (including phenoxy) is 2. The van der Waals surface area contributed by atoms with E-state index in [-0.39, 0.29) is 17.9 Å². The molecule has 0 amide bonds. The van der Waals surface area contributed by atoms with Gasteiger partial charge in [-0.25, -0.2) is 13.6 Å². The van der Waals surface area contributed by atoms with Gasteiger partial charge in [-0.05, 0) is 48.0 Å². The number of hydrazone groups is 1. The highest BCUT2D eigenvalue weighted by atomic mass is 19.1. The first-order chi connectivity index (χ1) is 14.5. The Labute approximate surface area is 171 Å². The van der Waals surface area contributed by atoms with E-state index in [0.717, 1.165) is 12.1 Å². The van der Waals surface area contributed by atoms with Crippen LogP contribution in [-0.2, 0) is 6.61 Å². The topological polar surface area (TPSA) is 80.2 Å². The van der Waals surface area contributed by atoms with Crippen LogP contribution in [0.1, 0.15) is 21.5 Å². The monoisotopic (exact) mass is 412 g/mol. The van der Waals surface area contributed by atoms with Crippen molar-refractivity contribution in [2.75, 3.05) is 12.5 Å². The Morgan fingerprint density at radius 3 is 2.60 bits per heavy atom. The lowest BCUT2D eigenvalue weighted by Gasteiger charge is -2.12. The van der Waals surface area contributed by atoms with Gasteiger partial charge in [0.25, 0.3) is 0 Å². The SMILES string of the molecule is COc1ccc(/C=N/Nc2ccccc2C(=O)O)cc1COc1ccc(F)cc1F.